The second-order valence-electron chi connectivity index (χ2n) is 4.48. The predicted octanol–water partition coefficient (Wildman–Crippen LogP) is 2.31. The zero-order chi connectivity index (χ0) is 11.5. The van der Waals surface area contributed by atoms with Gasteiger partial charge in [-0.05, 0) is 32.4 Å². The molecule has 1 aliphatic rings. The average molecular weight is 229 g/mol. The average Bonchev–Trinajstić information content (AvgIpc) is 2.34. The first-order chi connectivity index (χ1) is 7.93. The van der Waals surface area contributed by atoms with Crippen LogP contribution in [0.5, 0.6) is 0 Å². The molecule has 0 aromatic rings. The van der Waals surface area contributed by atoms with E-state index < -0.39 is 0 Å². The zero-order valence-corrected chi connectivity index (χ0v) is 10.7. The summed E-state index contributed by atoms with van der Waals surface area (Å²) >= 11 is 0. The van der Waals surface area contributed by atoms with Crippen molar-refractivity contribution in [3.05, 3.63) is 0 Å². The summed E-state index contributed by atoms with van der Waals surface area (Å²) in [5.74, 6) is 0. The predicted molar refractivity (Wildman–Crippen MR) is 66.8 cm³/mol. The van der Waals surface area contributed by atoms with Crippen LogP contribution in [0.2, 0.25) is 0 Å². The molecule has 0 amide bonds. The summed E-state index contributed by atoms with van der Waals surface area (Å²) in [5, 5.41) is 0. The van der Waals surface area contributed by atoms with Crippen LogP contribution in [0.3, 0.4) is 0 Å². The second kappa shape index (κ2) is 10.1. The van der Waals surface area contributed by atoms with Crippen LogP contribution >= 0.6 is 0 Å². The van der Waals surface area contributed by atoms with Crippen molar-refractivity contribution in [2.75, 3.05) is 46.1 Å². The van der Waals surface area contributed by atoms with Gasteiger partial charge in [0.05, 0.1) is 19.8 Å². The van der Waals surface area contributed by atoms with Crippen molar-refractivity contribution in [2.24, 2.45) is 0 Å². The van der Waals surface area contributed by atoms with Gasteiger partial charge in [-0.25, -0.2) is 0 Å². The summed E-state index contributed by atoms with van der Waals surface area (Å²) in [4.78, 5) is 2.50. The van der Waals surface area contributed by atoms with Crippen molar-refractivity contribution in [3.63, 3.8) is 0 Å². The molecule has 0 aromatic heterocycles. The molecule has 0 bridgehead atoms. The Morgan fingerprint density at radius 1 is 0.875 bits per heavy atom. The smallest absolute Gasteiger partial charge is 0.0701 e. The molecule has 1 saturated heterocycles. The first-order valence-corrected chi connectivity index (χ1v) is 6.81. The molecule has 1 rings (SSSR count). The maximum absolute atomic E-state index is 5.55. The quantitative estimate of drug-likeness (QED) is 0.566. The van der Waals surface area contributed by atoms with Gasteiger partial charge >= 0.3 is 0 Å². The lowest BCUT2D eigenvalue weighted by Crippen LogP contribution is -2.32. The molecule has 0 unspecified atom stereocenters. The van der Waals surface area contributed by atoms with Crippen molar-refractivity contribution in [1.82, 2.24) is 4.90 Å². The van der Waals surface area contributed by atoms with Crippen LogP contribution in [0.4, 0.5) is 0 Å². The van der Waals surface area contributed by atoms with E-state index in [1.54, 1.807) is 0 Å². The van der Waals surface area contributed by atoms with Gasteiger partial charge in [0, 0.05) is 13.2 Å². The van der Waals surface area contributed by atoms with Gasteiger partial charge in [-0.15, -0.1) is 0 Å². The standard InChI is InChI=1S/C13H27NO2/c1-2-3-10-15-12-13-16-11-9-14-7-5-4-6-8-14/h2-13H2,1H3. The highest BCUT2D eigenvalue weighted by Gasteiger charge is 2.08. The van der Waals surface area contributed by atoms with Gasteiger partial charge in [-0.2, -0.15) is 0 Å². The Hall–Kier alpha value is -0.120. The molecule has 0 N–H and O–H groups in total. The van der Waals surface area contributed by atoms with Crippen LogP contribution in [0.15, 0.2) is 0 Å². The number of unbranched alkanes of at least 4 members (excludes halogenated alkanes) is 1. The fraction of sp³-hybridized carbons (Fsp3) is 1.00. The third kappa shape index (κ3) is 7.20. The van der Waals surface area contributed by atoms with E-state index in [9.17, 15) is 0 Å². The van der Waals surface area contributed by atoms with Gasteiger partial charge in [0.1, 0.15) is 0 Å². The Morgan fingerprint density at radius 2 is 1.56 bits per heavy atom. The first-order valence-electron chi connectivity index (χ1n) is 6.81. The van der Waals surface area contributed by atoms with Crippen LogP contribution in [0.1, 0.15) is 39.0 Å². The molecule has 1 heterocycles. The van der Waals surface area contributed by atoms with Crippen molar-refractivity contribution in [3.8, 4) is 0 Å². The van der Waals surface area contributed by atoms with Gasteiger partial charge in [0.25, 0.3) is 0 Å². The van der Waals surface area contributed by atoms with Crippen LogP contribution < -0.4 is 0 Å². The third-order valence-corrected chi connectivity index (χ3v) is 3.01. The van der Waals surface area contributed by atoms with Crippen LogP contribution in [-0.2, 0) is 9.47 Å². The fourth-order valence-corrected chi connectivity index (χ4v) is 1.95. The van der Waals surface area contributed by atoms with E-state index in [1.165, 1.54) is 38.8 Å². The summed E-state index contributed by atoms with van der Waals surface area (Å²) in [5.41, 5.74) is 0. The van der Waals surface area contributed by atoms with E-state index >= 15 is 0 Å². The number of rotatable bonds is 9. The highest BCUT2D eigenvalue weighted by Crippen LogP contribution is 2.07. The van der Waals surface area contributed by atoms with Crippen LogP contribution in [0, 0.1) is 0 Å². The van der Waals surface area contributed by atoms with E-state index in [0.29, 0.717) is 0 Å². The Morgan fingerprint density at radius 3 is 2.25 bits per heavy atom. The molecule has 3 heteroatoms. The lowest BCUT2D eigenvalue weighted by Gasteiger charge is -2.26. The molecule has 0 aromatic carbocycles. The number of hydrogen-bond donors (Lipinski definition) is 0. The minimum atomic E-state index is 0.748. The zero-order valence-electron chi connectivity index (χ0n) is 10.7. The van der Waals surface area contributed by atoms with Crippen LogP contribution in [-0.4, -0.2) is 51.0 Å². The number of piperidine rings is 1. The first kappa shape index (κ1) is 13.9. The SMILES string of the molecule is CCCCOCCOCCN1CCCCC1. The van der Waals surface area contributed by atoms with Gasteiger partial charge in [-0.3, -0.25) is 0 Å². The lowest BCUT2D eigenvalue weighted by molar-refractivity contribution is 0.0359. The molecule has 16 heavy (non-hydrogen) atoms. The number of nitrogens with zero attached hydrogens (tertiary/aromatic N) is 1. The largest absolute Gasteiger partial charge is 0.379 e. The minimum absolute atomic E-state index is 0.748. The van der Waals surface area contributed by atoms with Crippen molar-refractivity contribution >= 4 is 0 Å². The molecule has 1 aliphatic heterocycles. The summed E-state index contributed by atoms with van der Waals surface area (Å²) in [6.07, 6.45) is 6.49. The Kier molecular flexibility index (Phi) is 8.77. The summed E-state index contributed by atoms with van der Waals surface area (Å²) in [6, 6.07) is 0. The lowest BCUT2D eigenvalue weighted by atomic mass is 10.1. The number of likely N-dealkylation sites (tertiary alicyclic amines) is 1. The van der Waals surface area contributed by atoms with E-state index in [-0.39, 0.29) is 0 Å². The van der Waals surface area contributed by atoms with Crippen molar-refractivity contribution in [2.45, 2.75) is 39.0 Å². The van der Waals surface area contributed by atoms with Gasteiger partial charge < -0.3 is 14.4 Å². The Labute approximate surface area is 100 Å². The van der Waals surface area contributed by atoms with Gasteiger partial charge in [0.2, 0.25) is 0 Å². The van der Waals surface area contributed by atoms with E-state index in [1.807, 2.05) is 0 Å². The summed E-state index contributed by atoms with van der Waals surface area (Å²) < 4.78 is 11.0. The van der Waals surface area contributed by atoms with Crippen LogP contribution in [0.25, 0.3) is 0 Å². The molecule has 0 radical (unpaired) electrons. The number of ether oxygens (including phenoxy) is 2. The maximum atomic E-state index is 5.55. The highest BCUT2D eigenvalue weighted by atomic mass is 16.5. The second-order valence-corrected chi connectivity index (χ2v) is 4.48. The summed E-state index contributed by atoms with van der Waals surface area (Å²) in [6.45, 7) is 9.03. The summed E-state index contributed by atoms with van der Waals surface area (Å²) in [7, 11) is 0. The van der Waals surface area contributed by atoms with Crippen molar-refractivity contribution in [1.29, 1.82) is 0 Å². The number of hydrogen-bond acceptors (Lipinski definition) is 3. The monoisotopic (exact) mass is 229 g/mol. The topological polar surface area (TPSA) is 21.7 Å². The molecular weight excluding hydrogens is 202 g/mol. The van der Waals surface area contributed by atoms with E-state index in [2.05, 4.69) is 11.8 Å². The molecule has 96 valence electrons. The molecule has 0 atom stereocenters. The molecule has 0 saturated carbocycles. The normalized spacial score (nSPS) is 17.8. The van der Waals surface area contributed by atoms with Gasteiger partial charge in [0.15, 0.2) is 0 Å². The Balaban J connectivity index is 1.77. The molecule has 3 nitrogen and oxygen atoms in total. The van der Waals surface area contributed by atoms with Crippen molar-refractivity contribution < 1.29 is 9.47 Å². The highest BCUT2D eigenvalue weighted by molar-refractivity contribution is 4.63. The minimum Gasteiger partial charge on any atom is -0.379 e. The van der Waals surface area contributed by atoms with E-state index in [4.69, 9.17) is 9.47 Å². The molecule has 0 spiro atoms. The maximum Gasteiger partial charge on any atom is 0.0701 e. The fourth-order valence-electron chi connectivity index (χ4n) is 1.95. The molecule has 1 fully saturated rings. The molecular formula is C13H27NO2. The third-order valence-electron chi connectivity index (χ3n) is 3.01. The Bertz CT molecular complexity index is 147. The molecule has 0 aliphatic carbocycles. The van der Waals surface area contributed by atoms with E-state index in [0.717, 1.165) is 39.4 Å². The van der Waals surface area contributed by atoms with Gasteiger partial charge in [-0.1, -0.05) is 19.8 Å².